The number of aromatic nitrogens is 1. The molecule has 0 aliphatic heterocycles. The predicted molar refractivity (Wildman–Crippen MR) is 73.8 cm³/mol. The van der Waals surface area contributed by atoms with E-state index >= 15 is 0 Å². The molecule has 0 bridgehead atoms. The first-order valence-electron chi connectivity index (χ1n) is 5.34. The van der Waals surface area contributed by atoms with Gasteiger partial charge in [0.2, 0.25) is 0 Å². The molecule has 0 aliphatic carbocycles. The third-order valence-electron chi connectivity index (χ3n) is 2.35. The van der Waals surface area contributed by atoms with Gasteiger partial charge in [0, 0.05) is 10.5 Å². The van der Waals surface area contributed by atoms with Gasteiger partial charge < -0.3 is 10.5 Å². The summed E-state index contributed by atoms with van der Waals surface area (Å²) < 4.78 is 6.31. The molecule has 2 rings (SSSR count). The highest BCUT2D eigenvalue weighted by Crippen LogP contribution is 2.26. The van der Waals surface area contributed by atoms with Gasteiger partial charge in [-0.15, -0.1) is 0 Å². The Hall–Kier alpha value is -2.15. The Balaban J connectivity index is 2.16. The second kappa shape index (κ2) is 5.66. The molecule has 0 radical (unpaired) electrons. The van der Waals surface area contributed by atoms with Crippen molar-refractivity contribution in [1.29, 1.82) is 0 Å². The minimum absolute atomic E-state index is 0.0760. The van der Waals surface area contributed by atoms with Crippen LogP contribution in [0.25, 0.3) is 0 Å². The van der Waals surface area contributed by atoms with Crippen molar-refractivity contribution in [2.24, 2.45) is 0 Å². The zero-order chi connectivity index (χ0) is 13.8. The summed E-state index contributed by atoms with van der Waals surface area (Å²) in [6, 6.07) is 10.1. The van der Waals surface area contributed by atoms with E-state index in [0.717, 1.165) is 10.0 Å². The highest BCUT2D eigenvalue weighted by atomic mass is 79.9. The molecule has 0 saturated heterocycles. The average Bonchev–Trinajstić information content (AvgIpc) is 2.38. The van der Waals surface area contributed by atoms with Gasteiger partial charge in [0.25, 0.3) is 5.88 Å². The third-order valence-corrected chi connectivity index (χ3v) is 2.88. The minimum atomic E-state index is -0.552. The topological polar surface area (TPSA) is 91.3 Å². The van der Waals surface area contributed by atoms with Crippen molar-refractivity contribution in [2.45, 2.75) is 6.61 Å². The monoisotopic (exact) mass is 323 g/mol. The van der Waals surface area contributed by atoms with Crippen LogP contribution in [-0.4, -0.2) is 9.91 Å². The van der Waals surface area contributed by atoms with Crippen LogP contribution in [-0.2, 0) is 6.61 Å². The summed E-state index contributed by atoms with van der Waals surface area (Å²) in [7, 11) is 0. The number of nitro groups is 1. The lowest BCUT2D eigenvalue weighted by Gasteiger charge is -2.06. The fourth-order valence-electron chi connectivity index (χ4n) is 1.42. The van der Waals surface area contributed by atoms with Gasteiger partial charge in [-0.3, -0.25) is 10.1 Å². The molecule has 0 unspecified atom stereocenters. The molecule has 2 aromatic rings. The summed E-state index contributed by atoms with van der Waals surface area (Å²) >= 11 is 3.32. The van der Waals surface area contributed by atoms with Crippen LogP contribution in [0.3, 0.4) is 0 Å². The van der Waals surface area contributed by atoms with Crippen molar-refractivity contribution >= 4 is 27.4 Å². The van der Waals surface area contributed by atoms with Crippen molar-refractivity contribution in [2.75, 3.05) is 5.73 Å². The number of benzene rings is 1. The molecule has 19 heavy (non-hydrogen) atoms. The Bertz CT molecular complexity index is 602. The van der Waals surface area contributed by atoms with Crippen LogP contribution in [0.15, 0.2) is 40.9 Å². The normalized spacial score (nSPS) is 10.2. The van der Waals surface area contributed by atoms with Crippen LogP contribution in [0, 0.1) is 10.1 Å². The van der Waals surface area contributed by atoms with E-state index in [4.69, 9.17) is 10.5 Å². The van der Waals surface area contributed by atoms with E-state index in [2.05, 4.69) is 20.9 Å². The number of halogens is 1. The van der Waals surface area contributed by atoms with Gasteiger partial charge in [0.05, 0.1) is 4.92 Å². The Labute approximate surface area is 117 Å². The van der Waals surface area contributed by atoms with E-state index in [1.54, 1.807) is 0 Å². The van der Waals surface area contributed by atoms with E-state index in [9.17, 15) is 10.1 Å². The van der Waals surface area contributed by atoms with Crippen LogP contribution in [0.2, 0.25) is 0 Å². The Morgan fingerprint density at radius 1 is 1.26 bits per heavy atom. The largest absolute Gasteiger partial charge is 0.468 e. The fraction of sp³-hybridized carbons (Fsp3) is 0.0833. The smallest absolute Gasteiger partial charge is 0.331 e. The molecule has 2 N–H and O–H groups in total. The minimum Gasteiger partial charge on any atom is -0.468 e. The Morgan fingerprint density at radius 2 is 1.95 bits per heavy atom. The molecule has 1 aromatic heterocycles. The van der Waals surface area contributed by atoms with E-state index in [1.165, 1.54) is 12.1 Å². The van der Waals surface area contributed by atoms with Crippen molar-refractivity contribution in [3.8, 4) is 5.88 Å². The average molecular weight is 324 g/mol. The quantitative estimate of drug-likeness (QED) is 0.690. The van der Waals surface area contributed by atoms with Gasteiger partial charge in [-0.05, 0) is 23.8 Å². The van der Waals surface area contributed by atoms with Crippen LogP contribution in [0.1, 0.15) is 5.56 Å². The molecule has 0 fully saturated rings. The first kappa shape index (κ1) is 13.3. The maximum Gasteiger partial charge on any atom is 0.331 e. The van der Waals surface area contributed by atoms with E-state index in [0.29, 0.717) is 0 Å². The molecule has 1 heterocycles. The van der Waals surface area contributed by atoms with Crippen LogP contribution in [0.5, 0.6) is 5.88 Å². The molecule has 6 nitrogen and oxygen atoms in total. The molecule has 0 atom stereocenters. The lowest BCUT2D eigenvalue weighted by atomic mass is 10.2. The highest BCUT2D eigenvalue weighted by molar-refractivity contribution is 9.10. The summed E-state index contributed by atoms with van der Waals surface area (Å²) in [5, 5.41) is 10.8. The maximum atomic E-state index is 10.8. The molecule has 0 amide bonds. The number of anilines is 1. The van der Waals surface area contributed by atoms with E-state index < -0.39 is 4.92 Å². The summed E-state index contributed by atoms with van der Waals surface area (Å²) in [6.45, 7) is 0.185. The zero-order valence-corrected chi connectivity index (χ0v) is 11.3. The van der Waals surface area contributed by atoms with Gasteiger partial charge in [0.1, 0.15) is 12.4 Å². The summed E-state index contributed by atoms with van der Waals surface area (Å²) in [5.41, 5.74) is 6.17. The maximum absolute atomic E-state index is 10.8. The Morgan fingerprint density at radius 3 is 2.58 bits per heavy atom. The molecule has 98 valence electrons. The molecule has 1 aromatic carbocycles. The molecule has 0 saturated carbocycles. The molecular formula is C12H10BrN3O3. The summed E-state index contributed by atoms with van der Waals surface area (Å²) in [5.74, 6) is 0.101. The number of hydrogen-bond donors (Lipinski definition) is 1. The van der Waals surface area contributed by atoms with Crippen molar-refractivity contribution in [3.05, 3.63) is 56.5 Å². The first-order valence-corrected chi connectivity index (χ1v) is 6.14. The van der Waals surface area contributed by atoms with Crippen LogP contribution in [0.4, 0.5) is 11.5 Å². The molecular weight excluding hydrogens is 314 g/mol. The lowest BCUT2D eigenvalue weighted by Crippen LogP contribution is -2.02. The second-order valence-corrected chi connectivity index (χ2v) is 4.65. The van der Waals surface area contributed by atoms with Gasteiger partial charge in [-0.1, -0.05) is 28.1 Å². The predicted octanol–water partition coefficient (Wildman–Crippen LogP) is 2.91. The SMILES string of the molecule is Nc1ccc([N+](=O)[O-])c(OCc2ccc(Br)cc2)n1. The number of ether oxygens (including phenoxy) is 1. The van der Waals surface area contributed by atoms with Gasteiger partial charge in [-0.25, -0.2) is 0 Å². The number of nitrogens with zero attached hydrogens (tertiary/aromatic N) is 2. The summed E-state index contributed by atoms with van der Waals surface area (Å²) in [4.78, 5) is 14.1. The molecule has 0 aliphatic rings. The van der Waals surface area contributed by atoms with E-state index in [-0.39, 0.29) is 24.0 Å². The summed E-state index contributed by atoms with van der Waals surface area (Å²) in [6.07, 6.45) is 0. The number of hydrogen-bond acceptors (Lipinski definition) is 5. The number of nitrogen functional groups attached to an aromatic ring is 1. The van der Waals surface area contributed by atoms with E-state index in [1.807, 2.05) is 24.3 Å². The lowest BCUT2D eigenvalue weighted by molar-refractivity contribution is -0.386. The van der Waals surface area contributed by atoms with Gasteiger partial charge in [0.15, 0.2) is 0 Å². The van der Waals surface area contributed by atoms with Crippen LogP contribution < -0.4 is 10.5 Å². The van der Waals surface area contributed by atoms with Crippen molar-refractivity contribution < 1.29 is 9.66 Å². The number of pyridine rings is 1. The number of nitrogens with two attached hydrogens (primary N) is 1. The Kier molecular flexibility index (Phi) is 3.96. The molecule has 7 heteroatoms. The van der Waals surface area contributed by atoms with Crippen molar-refractivity contribution in [1.82, 2.24) is 4.98 Å². The standard InChI is InChI=1S/C12H10BrN3O3/c13-9-3-1-8(2-4-9)7-19-12-10(16(17)18)5-6-11(14)15-12/h1-6H,7H2,(H2,14,15). The zero-order valence-electron chi connectivity index (χ0n) is 9.75. The second-order valence-electron chi connectivity index (χ2n) is 3.73. The van der Waals surface area contributed by atoms with Gasteiger partial charge >= 0.3 is 5.69 Å². The highest BCUT2D eigenvalue weighted by Gasteiger charge is 2.17. The van der Waals surface area contributed by atoms with Crippen molar-refractivity contribution in [3.63, 3.8) is 0 Å². The van der Waals surface area contributed by atoms with Crippen LogP contribution >= 0.6 is 15.9 Å². The van der Waals surface area contributed by atoms with Gasteiger partial charge in [-0.2, -0.15) is 4.98 Å². The first-order chi connectivity index (χ1) is 9.06. The number of rotatable bonds is 4. The third kappa shape index (κ3) is 3.41. The fourth-order valence-corrected chi connectivity index (χ4v) is 1.69. The molecule has 0 spiro atoms.